The molecule has 23 heavy (non-hydrogen) atoms. The van der Waals surface area contributed by atoms with Gasteiger partial charge in [-0.1, -0.05) is 18.2 Å². The van der Waals surface area contributed by atoms with E-state index in [9.17, 15) is 4.79 Å². The zero-order chi connectivity index (χ0) is 16.2. The number of benzene rings is 2. The first-order chi connectivity index (χ1) is 11.1. The van der Waals surface area contributed by atoms with E-state index in [2.05, 4.69) is 21.2 Å². The first-order valence-electron chi connectivity index (χ1n) is 7.21. The molecule has 6 heteroatoms. The van der Waals surface area contributed by atoms with Crippen molar-refractivity contribution in [3.05, 3.63) is 52.5 Å². The fraction of sp³-hybridized carbons (Fsp3) is 0.235. The van der Waals surface area contributed by atoms with Gasteiger partial charge >= 0.3 is 0 Å². The molecule has 4 nitrogen and oxygen atoms in total. The number of hydrogen-bond donors (Lipinski definition) is 1. The van der Waals surface area contributed by atoms with Crippen LogP contribution in [0.5, 0.6) is 11.5 Å². The van der Waals surface area contributed by atoms with E-state index >= 15 is 0 Å². The lowest BCUT2D eigenvalue weighted by molar-refractivity contribution is -0.120. The lowest BCUT2D eigenvalue weighted by Crippen LogP contribution is -2.30. The number of carbonyl (C=O) groups is 1. The Balaban J connectivity index is 1.55. The third kappa shape index (κ3) is 4.00. The van der Waals surface area contributed by atoms with Crippen LogP contribution in [0.1, 0.15) is 12.5 Å². The van der Waals surface area contributed by atoms with E-state index in [-0.39, 0.29) is 18.0 Å². The predicted octanol–water partition coefficient (Wildman–Crippen LogP) is 3.97. The van der Waals surface area contributed by atoms with Gasteiger partial charge in [0.25, 0.3) is 0 Å². The molecule has 0 spiro atoms. The Hall–Kier alpha value is -1.66. The minimum absolute atomic E-state index is 0.00317. The quantitative estimate of drug-likeness (QED) is 0.780. The highest BCUT2D eigenvalue weighted by Crippen LogP contribution is 2.33. The Morgan fingerprint density at radius 2 is 2.04 bits per heavy atom. The van der Waals surface area contributed by atoms with E-state index in [0.29, 0.717) is 6.54 Å². The van der Waals surface area contributed by atoms with E-state index in [0.717, 1.165) is 26.4 Å². The van der Waals surface area contributed by atoms with E-state index in [1.165, 1.54) is 11.8 Å². The first-order valence-corrected chi connectivity index (χ1v) is 8.88. The van der Waals surface area contributed by atoms with Crippen molar-refractivity contribution >= 4 is 33.6 Å². The monoisotopic (exact) mass is 393 g/mol. The zero-order valence-electron chi connectivity index (χ0n) is 12.5. The lowest BCUT2D eigenvalue weighted by atomic mass is 10.2. The van der Waals surface area contributed by atoms with Crippen molar-refractivity contribution in [2.45, 2.75) is 23.6 Å². The summed E-state index contributed by atoms with van der Waals surface area (Å²) in [6.07, 6.45) is 0. The summed E-state index contributed by atoms with van der Waals surface area (Å²) < 4.78 is 11.6. The molecule has 0 saturated heterocycles. The molecule has 120 valence electrons. The second-order valence-corrected chi connectivity index (χ2v) is 7.33. The van der Waals surface area contributed by atoms with E-state index in [1.54, 1.807) is 0 Å². The second kappa shape index (κ2) is 7.27. The van der Waals surface area contributed by atoms with Gasteiger partial charge in [0.05, 0.1) is 5.25 Å². The van der Waals surface area contributed by atoms with Crippen molar-refractivity contribution in [1.82, 2.24) is 5.32 Å². The largest absolute Gasteiger partial charge is 0.454 e. The topological polar surface area (TPSA) is 47.6 Å². The summed E-state index contributed by atoms with van der Waals surface area (Å²) in [7, 11) is 0. The maximum Gasteiger partial charge on any atom is 0.233 e. The fourth-order valence-corrected chi connectivity index (χ4v) is 3.64. The molecule has 0 aliphatic carbocycles. The average Bonchev–Trinajstić information content (AvgIpc) is 3.02. The van der Waals surface area contributed by atoms with E-state index < -0.39 is 0 Å². The number of nitrogens with one attached hydrogen (secondary N) is 1. The molecule has 2 aromatic rings. The summed E-state index contributed by atoms with van der Waals surface area (Å²) in [6.45, 7) is 2.63. The van der Waals surface area contributed by atoms with Gasteiger partial charge < -0.3 is 14.8 Å². The minimum atomic E-state index is -0.178. The highest BCUT2D eigenvalue weighted by Gasteiger charge is 2.17. The van der Waals surface area contributed by atoms with Gasteiger partial charge in [-0.25, -0.2) is 0 Å². The minimum Gasteiger partial charge on any atom is -0.454 e. The van der Waals surface area contributed by atoms with Gasteiger partial charge in [0.15, 0.2) is 11.5 Å². The number of fused-ring (bicyclic) bond motifs is 1. The molecule has 0 radical (unpaired) electrons. The summed E-state index contributed by atoms with van der Waals surface area (Å²) in [4.78, 5) is 13.3. The highest BCUT2D eigenvalue weighted by molar-refractivity contribution is 9.10. The Morgan fingerprint density at radius 3 is 2.87 bits per heavy atom. The second-order valence-electron chi connectivity index (χ2n) is 5.10. The third-order valence-electron chi connectivity index (χ3n) is 3.41. The van der Waals surface area contributed by atoms with Gasteiger partial charge in [0, 0.05) is 15.9 Å². The maximum atomic E-state index is 12.3. The van der Waals surface area contributed by atoms with Crippen LogP contribution in [-0.2, 0) is 11.3 Å². The molecule has 0 fully saturated rings. The molecule has 1 aliphatic heterocycles. The van der Waals surface area contributed by atoms with Crippen LogP contribution in [0, 0.1) is 0 Å². The SMILES string of the molecule is CC(Sc1ccccc1Br)C(=O)NCc1ccc2c(c1)OCO2. The Labute approximate surface area is 147 Å². The van der Waals surface area contributed by atoms with Crippen LogP contribution in [0.25, 0.3) is 0 Å². The Bertz CT molecular complexity index is 723. The number of hydrogen-bond acceptors (Lipinski definition) is 4. The summed E-state index contributed by atoms with van der Waals surface area (Å²) >= 11 is 5.03. The number of rotatable bonds is 5. The Morgan fingerprint density at radius 1 is 1.26 bits per heavy atom. The van der Waals surface area contributed by atoms with Crippen LogP contribution in [0.2, 0.25) is 0 Å². The molecule has 1 aliphatic rings. The van der Waals surface area contributed by atoms with Crippen molar-refractivity contribution in [1.29, 1.82) is 0 Å². The summed E-state index contributed by atoms with van der Waals surface area (Å²) in [5, 5.41) is 2.78. The number of thioether (sulfide) groups is 1. The van der Waals surface area contributed by atoms with Crippen LogP contribution >= 0.6 is 27.7 Å². The molecular weight excluding hydrogens is 378 g/mol. The van der Waals surface area contributed by atoms with Crippen LogP contribution in [0.4, 0.5) is 0 Å². The molecule has 1 amide bonds. The van der Waals surface area contributed by atoms with Crippen LogP contribution in [-0.4, -0.2) is 18.0 Å². The highest BCUT2D eigenvalue weighted by atomic mass is 79.9. The molecular formula is C17H16BrNO3S. The summed E-state index contributed by atoms with van der Waals surface area (Å²) in [5.41, 5.74) is 0.987. The number of ether oxygens (including phenoxy) is 2. The van der Waals surface area contributed by atoms with Crippen LogP contribution in [0.15, 0.2) is 51.8 Å². The molecule has 3 rings (SSSR count). The van der Waals surface area contributed by atoms with Gasteiger partial charge in [-0.05, 0) is 52.7 Å². The van der Waals surface area contributed by atoms with Crippen molar-refractivity contribution in [2.75, 3.05) is 6.79 Å². The predicted molar refractivity (Wildman–Crippen MR) is 93.9 cm³/mol. The van der Waals surface area contributed by atoms with Gasteiger partial charge in [-0.2, -0.15) is 0 Å². The Kier molecular flexibility index (Phi) is 5.13. The smallest absolute Gasteiger partial charge is 0.233 e. The molecule has 1 atom stereocenters. The van der Waals surface area contributed by atoms with Gasteiger partial charge in [0.2, 0.25) is 12.7 Å². The molecule has 1 heterocycles. The van der Waals surface area contributed by atoms with Gasteiger partial charge in [0.1, 0.15) is 0 Å². The fourth-order valence-electron chi connectivity index (χ4n) is 2.17. The van der Waals surface area contributed by atoms with Crippen molar-refractivity contribution in [3.63, 3.8) is 0 Å². The van der Waals surface area contributed by atoms with E-state index in [1.807, 2.05) is 49.4 Å². The van der Waals surface area contributed by atoms with Crippen molar-refractivity contribution in [3.8, 4) is 11.5 Å². The number of carbonyl (C=O) groups excluding carboxylic acids is 1. The number of amides is 1. The van der Waals surface area contributed by atoms with Crippen molar-refractivity contribution in [2.24, 2.45) is 0 Å². The summed E-state index contributed by atoms with van der Waals surface area (Å²) in [6, 6.07) is 13.6. The molecule has 0 bridgehead atoms. The van der Waals surface area contributed by atoms with Crippen LogP contribution < -0.4 is 14.8 Å². The first kappa shape index (κ1) is 16.2. The molecule has 0 aromatic heterocycles. The molecule has 2 aromatic carbocycles. The van der Waals surface area contributed by atoms with Gasteiger partial charge in [-0.15, -0.1) is 11.8 Å². The van der Waals surface area contributed by atoms with E-state index in [4.69, 9.17) is 9.47 Å². The number of halogens is 1. The zero-order valence-corrected chi connectivity index (χ0v) is 14.9. The average molecular weight is 394 g/mol. The molecule has 1 unspecified atom stereocenters. The third-order valence-corrected chi connectivity index (χ3v) is 5.54. The normalized spacial score (nSPS) is 13.7. The standard InChI is InChI=1S/C17H16BrNO3S/c1-11(23-16-5-3-2-4-13(16)18)17(20)19-9-12-6-7-14-15(8-12)22-10-21-14/h2-8,11H,9-10H2,1H3,(H,19,20). The van der Waals surface area contributed by atoms with Crippen LogP contribution in [0.3, 0.4) is 0 Å². The van der Waals surface area contributed by atoms with Crippen molar-refractivity contribution < 1.29 is 14.3 Å². The van der Waals surface area contributed by atoms with Gasteiger partial charge in [-0.3, -0.25) is 4.79 Å². The molecule has 0 saturated carbocycles. The maximum absolute atomic E-state index is 12.3. The molecule has 1 N–H and O–H groups in total. The summed E-state index contributed by atoms with van der Waals surface area (Å²) in [5.74, 6) is 1.48. The lowest BCUT2D eigenvalue weighted by Gasteiger charge is -2.13.